The van der Waals surface area contributed by atoms with E-state index in [0.717, 1.165) is 28.1 Å². The van der Waals surface area contributed by atoms with Gasteiger partial charge in [-0.25, -0.2) is 8.42 Å². The molecule has 0 aromatic heterocycles. The van der Waals surface area contributed by atoms with Crippen LogP contribution < -0.4 is 9.62 Å². The maximum atomic E-state index is 13.6. The third-order valence-corrected chi connectivity index (χ3v) is 7.27. The number of hydrogen-bond donors (Lipinski definition) is 1. The lowest BCUT2D eigenvalue weighted by atomic mass is 10.1. The lowest BCUT2D eigenvalue weighted by Gasteiger charge is -2.33. The highest BCUT2D eigenvalue weighted by Gasteiger charge is 2.32. The van der Waals surface area contributed by atoms with Crippen molar-refractivity contribution in [3.63, 3.8) is 0 Å². The zero-order chi connectivity index (χ0) is 25.5. The molecule has 0 spiro atoms. The number of nitrogens with one attached hydrogen (secondary N) is 1. The van der Waals surface area contributed by atoms with E-state index in [1.807, 2.05) is 52.0 Å². The average Bonchev–Trinajstić information content (AvgIpc) is 2.77. The van der Waals surface area contributed by atoms with Crippen LogP contribution in [-0.4, -0.2) is 50.0 Å². The van der Waals surface area contributed by atoms with Crippen molar-refractivity contribution in [1.29, 1.82) is 0 Å². The Labute approximate surface area is 211 Å². The fraction of sp³-hybridized carbons (Fsp3) is 0.440. The number of sulfonamides is 1. The molecule has 0 aliphatic carbocycles. The van der Waals surface area contributed by atoms with Crippen molar-refractivity contribution >= 4 is 43.5 Å². The van der Waals surface area contributed by atoms with Crippen molar-refractivity contribution < 1.29 is 18.0 Å². The Morgan fingerprint density at radius 1 is 1.06 bits per heavy atom. The van der Waals surface area contributed by atoms with Gasteiger partial charge in [-0.1, -0.05) is 65.7 Å². The number of halogens is 1. The molecule has 2 rings (SSSR count). The van der Waals surface area contributed by atoms with E-state index in [-0.39, 0.29) is 18.5 Å². The van der Waals surface area contributed by atoms with Crippen molar-refractivity contribution in [3.8, 4) is 0 Å². The molecule has 2 aromatic rings. The molecule has 2 aromatic carbocycles. The summed E-state index contributed by atoms with van der Waals surface area (Å²) in [5, 5.41) is 2.96. The van der Waals surface area contributed by atoms with Gasteiger partial charge in [0.25, 0.3) is 0 Å². The molecule has 0 radical (unpaired) electrons. The summed E-state index contributed by atoms with van der Waals surface area (Å²) < 4.78 is 27.0. The summed E-state index contributed by atoms with van der Waals surface area (Å²) in [6.07, 6.45) is 2.23. The predicted molar refractivity (Wildman–Crippen MR) is 140 cm³/mol. The predicted octanol–water partition coefficient (Wildman–Crippen LogP) is 4.25. The van der Waals surface area contributed by atoms with Crippen molar-refractivity contribution in [1.82, 2.24) is 10.2 Å². The highest BCUT2D eigenvalue weighted by atomic mass is 79.9. The number of anilines is 1. The lowest BCUT2D eigenvalue weighted by Crippen LogP contribution is -2.53. The third-order valence-electron chi connectivity index (χ3n) is 5.64. The van der Waals surface area contributed by atoms with E-state index in [0.29, 0.717) is 16.6 Å². The van der Waals surface area contributed by atoms with Crippen LogP contribution in [0.3, 0.4) is 0 Å². The Morgan fingerprint density at radius 3 is 2.24 bits per heavy atom. The fourth-order valence-corrected chi connectivity index (χ4v) is 4.72. The SMILES string of the molecule is CC[C@H](C(=O)N[C@@H](C)CC)N(Cc1ccc(C)cc1)C(=O)CN(c1cccc(Br)c1)S(C)(=O)=O. The van der Waals surface area contributed by atoms with Crippen molar-refractivity contribution in [2.45, 2.75) is 59.2 Å². The molecule has 0 aliphatic heterocycles. The van der Waals surface area contributed by atoms with Crippen LogP contribution in [0.15, 0.2) is 53.0 Å². The molecule has 1 N–H and O–H groups in total. The molecule has 0 aliphatic rings. The Hall–Kier alpha value is -2.39. The highest BCUT2D eigenvalue weighted by molar-refractivity contribution is 9.10. The summed E-state index contributed by atoms with van der Waals surface area (Å²) >= 11 is 3.36. The molecule has 0 fully saturated rings. The molecule has 0 unspecified atom stereocenters. The summed E-state index contributed by atoms with van der Waals surface area (Å²) in [6, 6.07) is 13.7. The van der Waals surface area contributed by atoms with Gasteiger partial charge >= 0.3 is 0 Å². The summed E-state index contributed by atoms with van der Waals surface area (Å²) in [6.45, 7) is 7.50. The van der Waals surface area contributed by atoms with E-state index in [2.05, 4.69) is 21.2 Å². The minimum atomic E-state index is -3.75. The third kappa shape index (κ3) is 7.84. The second-order valence-corrected chi connectivity index (χ2v) is 11.3. The van der Waals surface area contributed by atoms with Crippen LogP contribution in [0.25, 0.3) is 0 Å². The molecule has 9 heteroatoms. The highest BCUT2D eigenvalue weighted by Crippen LogP contribution is 2.23. The van der Waals surface area contributed by atoms with E-state index < -0.39 is 28.5 Å². The summed E-state index contributed by atoms with van der Waals surface area (Å²) in [4.78, 5) is 28.2. The van der Waals surface area contributed by atoms with Crippen LogP contribution in [0.2, 0.25) is 0 Å². The van der Waals surface area contributed by atoms with Gasteiger partial charge in [-0.15, -0.1) is 0 Å². The summed E-state index contributed by atoms with van der Waals surface area (Å²) in [5.41, 5.74) is 2.32. The molecule has 0 saturated heterocycles. The second-order valence-electron chi connectivity index (χ2n) is 8.50. The van der Waals surface area contributed by atoms with Crippen LogP contribution in [0.5, 0.6) is 0 Å². The van der Waals surface area contributed by atoms with Gasteiger partial charge in [0.1, 0.15) is 12.6 Å². The smallest absolute Gasteiger partial charge is 0.244 e. The normalized spacial score (nSPS) is 13.1. The van der Waals surface area contributed by atoms with Crippen molar-refractivity contribution in [3.05, 3.63) is 64.1 Å². The standard InChI is InChI=1S/C25H34BrN3O4S/c1-6-19(4)27-25(31)23(7-2)28(16-20-13-11-18(3)12-14-20)24(30)17-29(34(5,32)33)22-10-8-9-21(26)15-22/h8-15,19,23H,6-7,16-17H2,1-5H3,(H,27,31)/t19-,23+/m0/s1. The fourth-order valence-electron chi connectivity index (χ4n) is 3.50. The first kappa shape index (κ1) is 27.9. The monoisotopic (exact) mass is 551 g/mol. The summed E-state index contributed by atoms with van der Waals surface area (Å²) in [5.74, 6) is -0.692. The second kappa shape index (κ2) is 12.4. The van der Waals surface area contributed by atoms with Gasteiger partial charge in [0.15, 0.2) is 0 Å². The van der Waals surface area contributed by atoms with Gasteiger partial charge < -0.3 is 10.2 Å². The number of amides is 2. The number of rotatable bonds is 11. The Morgan fingerprint density at radius 2 is 1.71 bits per heavy atom. The molecule has 0 bridgehead atoms. The number of nitrogens with zero attached hydrogens (tertiary/aromatic N) is 2. The number of carbonyl (C=O) groups excluding carboxylic acids is 2. The Kier molecular flexibility index (Phi) is 10.1. The van der Waals surface area contributed by atoms with E-state index in [1.54, 1.807) is 24.3 Å². The van der Waals surface area contributed by atoms with Crippen LogP contribution >= 0.6 is 15.9 Å². The lowest BCUT2D eigenvalue weighted by molar-refractivity contribution is -0.140. The molecule has 0 heterocycles. The topological polar surface area (TPSA) is 86.8 Å². The zero-order valence-electron chi connectivity index (χ0n) is 20.4. The van der Waals surface area contributed by atoms with E-state index in [1.165, 1.54) is 4.90 Å². The van der Waals surface area contributed by atoms with Crippen molar-refractivity contribution in [2.75, 3.05) is 17.1 Å². The summed E-state index contributed by atoms with van der Waals surface area (Å²) in [7, 11) is -3.75. The largest absolute Gasteiger partial charge is 0.352 e. The van der Waals surface area contributed by atoms with Crippen LogP contribution in [-0.2, 0) is 26.2 Å². The van der Waals surface area contributed by atoms with E-state index >= 15 is 0 Å². The van der Waals surface area contributed by atoms with Gasteiger partial charge in [-0.05, 0) is 50.5 Å². The molecule has 2 amide bonds. The van der Waals surface area contributed by atoms with Crippen LogP contribution in [0.4, 0.5) is 5.69 Å². The first-order valence-corrected chi connectivity index (χ1v) is 14.0. The first-order valence-electron chi connectivity index (χ1n) is 11.3. The first-order chi connectivity index (χ1) is 16.0. The maximum Gasteiger partial charge on any atom is 0.244 e. The van der Waals surface area contributed by atoms with Gasteiger partial charge in [0.05, 0.1) is 11.9 Å². The number of hydrogen-bond acceptors (Lipinski definition) is 4. The molecule has 7 nitrogen and oxygen atoms in total. The quantitative estimate of drug-likeness (QED) is 0.452. The van der Waals surface area contributed by atoms with E-state index in [4.69, 9.17) is 0 Å². The average molecular weight is 553 g/mol. The van der Waals surface area contributed by atoms with Gasteiger partial charge in [0.2, 0.25) is 21.8 Å². The molecule has 186 valence electrons. The van der Waals surface area contributed by atoms with E-state index in [9.17, 15) is 18.0 Å². The Balaban J connectivity index is 2.43. The Bertz CT molecular complexity index is 1090. The van der Waals surface area contributed by atoms with Crippen molar-refractivity contribution in [2.24, 2.45) is 0 Å². The minimum absolute atomic E-state index is 0.0351. The van der Waals surface area contributed by atoms with Crippen LogP contribution in [0, 0.1) is 6.92 Å². The molecule has 0 saturated carbocycles. The minimum Gasteiger partial charge on any atom is -0.352 e. The maximum absolute atomic E-state index is 13.6. The molecular formula is C25H34BrN3O4S. The van der Waals surface area contributed by atoms with Gasteiger partial charge in [0, 0.05) is 17.1 Å². The molecule has 2 atom stereocenters. The van der Waals surface area contributed by atoms with Gasteiger partial charge in [-0.3, -0.25) is 13.9 Å². The zero-order valence-corrected chi connectivity index (χ0v) is 22.8. The number of carbonyl (C=O) groups is 2. The van der Waals surface area contributed by atoms with Crippen LogP contribution in [0.1, 0.15) is 44.7 Å². The number of aryl methyl sites for hydroxylation is 1. The molecule has 34 heavy (non-hydrogen) atoms. The van der Waals surface area contributed by atoms with Gasteiger partial charge in [-0.2, -0.15) is 0 Å². The number of benzene rings is 2. The molecular weight excluding hydrogens is 518 g/mol.